The minimum atomic E-state index is -0.553. The zero-order valence-electron chi connectivity index (χ0n) is 15.4. The van der Waals surface area contributed by atoms with Crippen molar-refractivity contribution in [1.29, 1.82) is 0 Å². The van der Waals surface area contributed by atoms with Crippen molar-refractivity contribution >= 4 is 35.8 Å². The van der Waals surface area contributed by atoms with Gasteiger partial charge in [0.25, 0.3) is 5.91 Å². The molecule has 4 N–H and O–H groups in total. The minimum absolute atomic E-state index is 0. The first-order valence-electron chi connectivity index (χ1n) is 9.25. The lowest BCUT2D eigenvalue weighted by atomic mass is 10.0. The smallest absolute Gasteiger partial charge is 0.284 e. The highest BCUT2D eigenvalue weighted by molar-refractivity contribution is 14.0. The van der Waals surface area contributed by atoms with Crippen LogP contribution in [0.25, 0.3) is 0 Å². The van der Waals surface area contributed by atoms with Crippen LogP contribution in [0.5, 0.6) is 0 Å². The fourth-order valence-corrected chi connectivity index (χ4v) is 3.84. The SMILES string of the molecule is CN=C(NCc1ccc(C(N)=O)o1)NC1CCN(C2CCCC2)CC1.I. The number of carbonyl (C=O) groups excluding carboxylic acids is 1. The van der Waals surface area contributed by atoms with Crippen LogP contribution >= 0.6 is 24.0 Å². The van der Waals surface area contributed by atoms with Crippen molar-refractivity contribution in [2.75, 3.05) is 20.1 Å². The Labute approximate surface area is 172 Å². The van der Waals surface area contributed by atoms with E-state index in [1.165, 1.54) is 38.8 Å². The van der Waals surface area contributed by atoms with Crippen molar-refractivity contribution in [2.24, 2.45) is 10.7 Å². The predicted molar refractivity (Wildman–Crippen MR) is 113 cm³/mol. The molecule has 26 heavy (non-hydrogen) atoms. The summed E-state index contributed by atoms with van der Waals surface area (Å²) in [4.78, 5) is 18.0. The van der Waals surface area contributed by atoms with Crippen molar-refractivity contribution in [3.05, 3.63) is 23.7 Å². The summed E-state index contributed by atoms with van der Waals surface area (Å²) in [6.07, 6.45) is 7.82. The summed E-state index contributed by atoms with van der Waals surface area (Å²) in [6, 6.07) is 4.60. The van der Waals surface area contributed by atoms with E-state index in [4.69, 9.17) is 10.2 Å². The molecule has 1 aromatic heterocycles. The number of carbonyl (C=O) groups is 1. The molecule has 2 fully saturated rings. The van der Waals surface area contributed by atoms with Crippen molar-refractivity contribution < 1.29 is 9.21 Å². The Morgan fingerprint density at radius 2 is 1.96 bits per heavy atom. The summed E-state index contributed by atoms with van der Waals surface area (Å²) in [6.45, 7) is 2.80. The number of halogens is 1. The number of nitrogens with zero attached hydrogens (tertiary/aromatic N) is 2. The Morgan fingerprint density at radius 3 is 2.54 bits per heavy atom. The van der Waals surface area contributed by atoms with Crippen LogP contribution < -0.4 is 16.4 Å². The molecule has 2 aliphatic rings. The fourth-order valence-electron chi connectivity index (χ4n) is 3.84. The number of amides is 1. The van der Waals surface area contributed by atoms with Gasteiger partial charge in [-0.2, -0.15) is 0 Å². The molecule has 0 unspecified atom stereocenters. The molecule has 3 rings (SSSR count). The molecular formula is C18H30IN5O2. The van der Waals surface area contributed by atoms with E-state index in [2.05, 4.69) is 20.5 Å². The Bertz CT molecular complexity index is 604. The number of nitrogens with one attached hydrogen (secondary N) is 2. The van der Waals surface area contributed by atoms with Gasteiger partial charge in [0.1, 0.15) is 5.76 Å². The minimum Gasteiger partial charge on any atom is -0.454 e. The van der Waals surface area contributed by atoms with Crippen LogP contribution in [0.15, 0.2) is 21.5 Å². The normalized spacial score (nSPS) is 20.0. The molecule has 1 saturated carbocycles. The predicted octanol–water partition coefficient (Wildman–Crippen LogP) is 2.07. The van der Waals surface area contributed by atoms with Gasteiger partial charge in [0, 0.05) is 32.2 Å². The number of likely N-dealkylation sites (tertiary alicyclic amines) is 1. The number of guanidine groups is 1. The van der Waals surface area contributed by atoms with E-state index in [1.54, 1.807) is 19.2 Å². The third-order valence-electron chi connectivity index (χ3n) is 5.27. The topological polar surface area (TPSA) is 95.9 Å². The maximum Gasteiger partial charge on any atom is 0.284 e. The molecule has 8 heteroatoms. The van der Waals surface area contributed by atoms with E-state index in [1.807, 2.05) is 0 Å². The third-order valence-corrected chi connectivity index (χ3v) is 5.27. The van der Waals surface area contributed by atoms with Gasteiger partial charge in [-0.1, -0.05) is 12.8 Å². The second-order valence-corrected chi connectivity index (χ2v) is 6.95. The number of piperidine rings is 1. The number of furan rings is 1. The molecule has 0 bridgehead atoms. The Kier molecular flexibility index (Phi) is 8.20. The highest BCUT2D eigenvalue weighted by Gasteiger charge is 2.27. The average molecular weight is 475 g/mol. The fraction of sp³-hybridized carbons (Fsp3) is 0.667. The van der Waals surface area contributed by atoms with E-state index in [0.717, 1.165) is 24.8 Å². The molecule has 7 nitrogen and oxygen atoms in total. The molecule has 1 aromatic rings. The van der Waals surface area contributed by atoms with Crippen LogP contribution in [0.4, 0.5) is 0 Å². The van der Waals surface area contributed by atoms with Gasteiger partial charge in [-0.3, -0.25) is 9.79 Å². The number of hydrogen-bond donors (Lipinski definition) is 3. The zero-order chi connectivity index (χ0) is 17.6. The van der Waals surface area contributed by atoms with Gasteiger partial charge < -0.3 is 25.7 Å². The van der Waals surface area contributed by atoms with Gasteiger partial charge in [0.15, 0.2) is 11.7 Å². The highest BCUT2D eigenvalue weighted by atomic mass is 127. The number of hydrogen-bond acceptors (Lipinski definition) is 4. The summed E-state index contributed by atoms with van der Waals surface area (Å²) < 4.78 is 5.37. The second kappa shape index (κ2) is 10.1. The van der Waals surface area contributed by atoms with Crippen LogP contribution in [0.2, 0.25) is 0 Å². The largest absolute Gasteiger partial charge is 0.454 e. The quantitative estimate of drug-likeness (QED) is 0.344. The van der Waals surface area contributed by atoms with Crippen molar-refractivity contribution in [1.82, 2.24) is 15.5 Å². The van der Waals surface area contributed by atoms with Gasteiger partial charge in [-0.05, 0) is 37.8 Å². The summed E-state index contributed by atoms with van der Waals surface area (Å²) >= 11 is 0. The highest BCUT2D eigenvalue weighted by Crippen LogP contribution is 2.26. The number of rotatable bonds is 5. The van der Waals surface area contributed by atoms with Gasteiger partial charge in [0.05, 0.1) is 6.54 Å². The Morgan fingerprint density at radius 1 is 1.27 bits per heavy atom. The number of aliphatic imine (C=N–C) groups is 1. The molecule has 1 aliphatic carbocycles. The zero-order valence-corrected chi connectivity index (χ0v) is 17.7. The first-order chi connectivity index (χ1) is 12.2. The van der Waals surface area contributed by atoms with Crippen molar-refractivity contribution in [2.45, 2.75) is 57.2 Å². The van der Waals surface area contributed by atoms with Gasteiger partial charge in [-0.25, -0.2) is 0 Å². The monoisotopic (exact) mass is 475 g/mol. The van der Waals surface area contributed by atoms with Crippen LogP contribution in [0.1, 0.15) is 54.8 Å². The average Bonchev–Trinajstić information content (AvgIpc) is 3.31. The molecule has 1 saturated heterocycles. The lowest BCUT2D eigenvalue weighted by Crippen LogP contribution is -2.50. The first-order valence-corrected chi connectivity index (χ1v) is 9.25. The first kappa shape index (κ1) is 21.0. The summed E-state index contributed by atoms with van der Waals surface area (Å²) in [5.74, 6) is 1.05. The Balaban J connectivity index is 0.00000243. The maximum atomic E-state index is 11.1. The molecule has 146 valence electrons. The molecule has 0 atom stereocenters. The molecular weight excluding hydrogens is 445 g/mol. The summed E-state index contributed by atoms with van der Waals surface area (Å²) in [7, 11) is 1.76. The van der Waals surface area contributed by atoms with E-state index in [0.29, 0.717) is 18.3 Å². The number of primary amides is 1. The summed E-state index contributed by atoms with van der Waals surface area (Å²) in [5, 5.41) is 6.73. The van der Waals surface area contributed by atoms with Gasteiger partial charge in [-0.15, -0.1) is 24.0 Å². The number of nitrogens with two attached hydrogens (primary N) is 1. The van der Waals surface area contributed by atoms with Crippen molar-refractivity contribution in [3.8, 4) is 0 Å². The standard InChI is InChI=1S/C18H29N5O2.HI/c1-20-18(21-12-15-6-7-16(25-15)17(19)24)22-13-8-10-23(11-9-13)14-4-2-3-5-14;/h6-7,13-14H,2-5,8-12H2,1H3,(H2,19,24)(H2,20,21,22);1H. The van der Waals surface area contributed by atoms with Crippen LogP contribution in [0, 0.1) is 0 Å². The van der Waals surface area contributed by atoms with E-state index < -0.39 is 5.91 Å². The molecule has 0 spiro atoms. The molecule has 0 aromatic carbocycles. The molecule has 0 radical (unpaired) electrons. The Hall–Kier alpha value is -1.29. The van der Waals surface area contributed by atoms with Gasteiger partial charge in [0.2, 0.25) is 0 Å². The second-order valence-electron chi connectivity index (χ2n) is 6.95. The third kappa shape index (κ3) is 5.60. The lowest BCUT2D eigenvalue weighted by Gasteiger charge is -2.36. The summed E-state index contributed by atoms with van der Waals surface area (Å²) in [5.41, 5.74) is 5.20. The van der Waals surface area contributed by atoms with Crippen LogP contribution in [0.3, 0.4) is 0 Å². The van der Waals surface area contributed by atoms with E-state index in [-0.39, 0.29) is 29.7 Å². The molecule has 1 amide bonds. The van der Waals surface area contributed by atoms with Crippen molar-refractivity contribution in [3.63, 3.8) is 0 Å². The maximum absolute atomic E-state index is 11.1. The van der Waals surface area contributed by atoms with Crippen LogP contribution in [-0.4, -0.2) is 49.0 Å². The lowest BCUT2D eigenvalue weighted by molar-refractivity contribution is 0.0972. The van der Waals surface area contributed by atoms with E-state index in [9.17, 15) is 4.79 Å². The van der Waals surface area contributed by atoms with Crippen LogP contribution in [-0.2, 0) is 6.54 Å². The van der Waals surface area contributed by atoms with E-state index >= 15 is 0 Å². The molecule has 1 aliphatic heterocycles. The van der Waals surface area contributed by atoms with Gasteiger partial charge >= 0.3 is 0 Å². The molecule has 2 heterocycles.